The molecule has 0 aromatic carbocycles. The Hall–Kier alpha value is 2.77. The van der Waals surface area contributed by atoms with Gasteiger partial charge in [-0.1, -0.05) is 0 Å². The third-order valence-corrected chi connectivity index (χ3v) is 0. The van der Waals surface area contributed by atoms with Crippen LogP contribution in [0.2, 0.25) is 0 Å². The van der Waals surface area contributed by atoms with E-state index in [2.05, 4.69) is 3.53 Å². The van der Waals surface area contributed by atoms with Crippen LogP contribution < -0.4 is 3.53 Å². The number of hydrogen-bond acceptors (Lipinski definition) is 1. The Morgan fingerprint density at radius 1 is 1.25 bits per heavy atom. The van der Waals surface area contributed by atoms with Crippen molar-refractivity contribution in [3.8, 4) is 0 Å². The summed E-state index contributed by atoms with van der Waals surface area (Å²) in [7, 11) is 22.1. The van der Waals surface area contributed by atoms with Crippen molar-refractivity contribution in [2.75, 3.05) is 7.05 Å². The second kappa shape index (κ2) is 7.87. The molecule has 0 aliphatic carbocycles. The standard InChI is InChI=1S/CH4IN.4ClH.Pb/c1-3-2;;;;;/h3H,1H3;4*1H;/q;;;;;+4/p-4. The Morgan fingerprint density at radius 2 is 1.25 bits per heavy atom. The van der Waals surface area contributed by atoms with Crippen LogP contribution in [-0.2, 0) is 0 Å². The van der Waals surface area contributed by atoms with Gasteiger partial charge >= 0.3 is 49.5 Å². The predicted molar refractivity (Wildman–Crippen MR) is 52.2 cm³/mol. The zero-order valence-corrected chi connectivity index (χ0v) is 13.0. The first-order chi connectivity index (χ1) is 3.41. The molecule has 0 atom stereocenters. The molecule has 0 spiro atoms. The number of rotatable bonds is 0. The molecule has 0 amide bonds. The van der Waals surface area contributed by atoms with Gasteiger partial charge in [0.05, 0.1) is 0 Å². The van der Waals surface area contributed by atoms with Crippen LogP contribution in [0.1, 0.15) is 0 Å². The van der Waals surface area contributed by atoms with Crippen molar-refractivity contribution in [3.05, 3.63) is 0 Å². The number of nitrogens with one attached hydrogen (secondary N) is 1. The molecule has 7 heteroatoms. The van der Waals surface area contributed by atoms with Gasteiger partial charge in [-0.25, -0.2) is 0 Å². The van der Waals surface area contributed by atoms with Gasteiger partial charge in [-0.3, -0.25) is 3.53 Å². The topological polar surface area (TPSA) is 12.0 Å². The van der Waals surface area contributed by atoms with E-state index in [0.717, 1.165) is 0 Å². The van der Waals surface area contributed by atoms with Crippen LogP contribution in [0.15, 0.2) is 0 Å². The van der Waals surface area contributed by atoms with Crippen LogP contribution in [0.5, 0.6) is 0 Å². The molecular formula is CH4Cl4INPb. The van der Waals surface area contributed by atoms with E-state index in [9.17, 15) is 0 Å². The zero-order chi connectivity index (χ0) is 7.21. The molecule has 0 aliphatic heterocycles. The minimum atomic E-state index is -3.39. The fourth-order valence-corrected chi connectivity index (χ4v) is 0. The molecule has 0 saturated carbocycles. The van der Waals surface area contributed by atoms with E-state index in [-0.39, 0.29) is 0 Å². The van der Waals surface area contributed by atoms with Crippen LogP contribution in [0, 0.1) is 0 Å². The van der Waals surface area contributed by atoms with Gasteiger partial charge in [-0.05, 0) is 7.05 Å². The molecule has 8 heavy (non-hydrogen) atoms. The summed E-state index contributed by atoms with van der Waals surface area (Å²) in [5.74, 6) is 0. The molecule has 1 nitrogen and oxygen atoms in total. The third-order valence-electron chi connectivity index (χ3n) is 0. The summed E-state index contributed by atoms with van der Waals surface area (Å²) in [4.78, 5) is 0. The second-order valence-corrected chi connectivity index (χ2v) is 35.1. The minimum absolute atomic E-state index is 1.86. The Morgan fingerprint density at radius 3 is 1.25 bits per heavy atom. The Kier molecular flexibility index (Phi) is 13.2. The summed E-state index contributed by atoms with van der Waals surface area (Å²) in [6.07, 6.45) is 0. The summed E-state index contributed by atoms with van der Waals surface area (Å²) in [6, 6.07) is 0. The molecular weight excluding hydrogens is 502 g/mol. The van der Waals surface area contributed by atoms with Crippen molar-refractivity contribution < 1.29 is 0 Å². The normalized spacial score (nSPS) is 9.75. The summed E-state index contributed by atoms with van der Waals surface area (Å²) in [5, 5.41) is 0. The van der Waals surface area contributed by atoms with Crippen LogP contribution >= 0.6 is 56.1 Å². The average molecular weight is 506 g/mol. The summed E-state index contributed by atoms with van der Waals surface area (Å²) in [6.45, 7) is 0. The number of hydrogen-bond donors (Lipinski definition) is 1. The summed E-state index contributed by atoms with van der Waals surface area (Å²) in [5.41, 5.74) is 0. The first kappa shape index (κ1) is 13.4. The molecule has 1 N–H and O–H groups in total. The van der Waals surface area contributed by atoms with Crippen molar-refractivity contribution in [2.24, 2.45) is 0 Å². The van der Waals surface area contributed by atoms with Gasteiger partial charge in [0.1, 0.15) is 0 Å². The van der Waals surface area contributed by atoms with E-state index in [1.807, 2.05) is 29.9 Å². The molecule has 0 aromatic heterocycles. The first-order valence-corrected chi connectivity index (χ1v) is 21.7. The monoisotopic (exact) mass is 505 g/mol. The van der Waals surface area contributed by atoms with Crippen LogP contribution in [0.25, 0.3) is 0 Å². The van der Waals surface area contributed by atoms with Gasteiger partial charge in [-0.15, -0.1) is 0 Å². The Balaban J connectivity index is 0. The van der Waals surface area contributed by atoms with E-state index in [0.29, 0.717) is 0 Å². The van der Waals surface area contributed by atoms with Crippen LogP contribution in [0.3, 0.4) is 0 Å². The average Bonchev–Trinajstić information content (AvgIpc) is 1.27. The van der Waals surface area contributed by atoms with Gasteiger partial charge in [0, 0.05) is 22.9 Å². The van der Waals surface area contributed by atoms with Crippen molar-refractivity contribution in [1.29, 1.82) is 0 Å². The van der Waals surface area contributed by atoms with Crippen molar-refractivity contribution >= 4 is 72.4 Å². The maximum atomic E-state index is 5.05. The van der Waals surface area contributed by atoms with Crippen LogP contribution in [-0.4, -0.2) is 23.3 Å². The zero-order valence-electron chi connectivity index (χ0n) is 3.89. The SMILES string of the molecule is CNI.[Cl][Pb]([Cl])([Cl])[Cl]. The molecule has 0 aliphatic rings. The molecule has 0 aromatic rings. The van der Waals surface area contributed by atoms with E-state index in [4.69, 9.17) is 33.3 Å². The fraction of sp³-hybridized carbons (Fsp3) is 1.00. The predicted octanol–water partition coefficient (Wildman–Crippen LogP) is 2.93. The van der Waals surface area contributed by atoms with Crippen LogP contribution in [0.4, 0.5) is 0 Å². The van der Waals surface area contributed by atoms with Gasteiger partial charge < -0.3 is 0 Å². The molecule has 0 unspecified atom stereocenters. The van der Waals surface area contributed by atoms with Crippen molar-refractivity contribution in [1.82, 2.24) is 3.53 Å². The first-order valence-electron chi connectivity index (χ1n) is 1.44. The summed E-state index contributed by atoms with van der Waals surface area (Å²) >= 11 is -1.35. The molecule has 0 radical (unpaired) electrons. The van der Waals surface area contributed by atoms with E-state index >= 15 is 0 Å². The van der Waals surface area contributed by atoms with Crippen molar-refractivity contribution in [2.45, 2.75) is 0 Å². The second-order valence-electron chi connectivity index (χ2n) is 0.618. The van der Waals surface area contributed by atoms with E-state index in [1.165, 1.54) is 0 Å². The Bertz CT molecular complexity index is 39.8. The van der Waals surface area contributed by atoms with Crippen molar-refractivity contribution in [3.63, 3.8) is 0 Å². The van der Waals surface area contributed by atoms with Gasteiger partial charge in [0.25, 0.3) is 0 Å². The fourth-order valence-electron chi connectivity index (χ4n) is 0. The van der Waals surface area contributed by atoms with E-state index in [1.54, 1.807) is 0 Å². The van der Waals surface area contributed by atoms with E-state index < -0.39 is 16.3 Å². The van der Waals surface area contributed by atoms with Gasteiger partial charge in [-0.2, -0.15) is 0 Å². The number of halogens is 5. The van der Waals surface area contributed by atoms with Gasteiger partial charge in [0.15, 0.2) is 0 Å². The Labute approximate surface area is 81.4 Å². The third kappa shape index (κ3) is 69.0. The molecule has 0 rings (SSSR count). The molecule has 0 bridgehead atoms. The molecule has 0 heterocycles. The maximum absolute atomic E-state index is 5.05. The molecule has 0 fully saturated rings. The van der Waals surface area contributed by atoms with Gasteiger partial charge in [0.2, 0.25) is 0 Å². The molecule has 0 saturated heterocycles. The molecule has 52 valence electrons. The quantitative estimate of drug-likeness (QED) is 0.303. The summed E-state index contributed by atoms with van der Waals surface area (Å²) < 4.78 is 2.72.